The van der Waals surface area contributed by atoms with Crippen LogP contribution >= 0.6 is 0 Å². The van der Waals surface area contributed by atoms with Gasteiger partial charge >= 0.3 is 11.9 Å². The molecule has 1 heterocycles. The van der Waals surface area contributed by atoms with Crippen LogP contribution in [0.5, 0.6) is 0 Å². The normalized spacial score (nSPS) is 10.9. The van der Waals surface area contributed by atoms with Gasteiger partial charge in [-0.2, -0.15) is 0 Å². The molecule has 5 heteroatoms. The maximum Gasteiger partial charge on any atom is 0.337 e. The molecule has 1 aromatic heterocycles. The van der Waals surface area contributed by atoms with Crippen LogP contribution in [0.2, 0.25) is 0 Å². The van der Waals surface area contributed by atoms with Crippen molar-refractivity contribution in [2.75, 3.05) is 7.11 Å². The summed E-state index contributed by atoms with van der Waals surface area (Å²) in [5, 5.41) is 9.42. The van der Waals surface area contributed by atoms with Gasteiger partial charge in [0.1, 0.15) is 0 Å². The summed E-state index contributed by atoms with van der Waals surface area (Å²) in [5.74, 6) is -1.41. The van der Waals surface area contributed by atoms with Crippen molar-refractivity contribution in [2.24, 2.45) is 0 Å². The number of carbonyl (C=O) groups excluding carboxylic acids is 1. The fourth-order valence-electron chi connectivity index (χ4n) is 1.69. The van der Waals surface area contributed by atoms with Crippen LogP contribution in [-0.2, 0) is 9.53 Å². The lowest BCUT2D eigenvalue weighted by atomic mass is 10.1. The number of ether oxygens (including phenoxy) is 1. The first-order valence-electron chi connectivity index (χ1n) is 5.22. The predicted molar refractivity (Wildman–Crippen MR) is 66.3 cm³/mol. The molecule has 0 aliphatic rings. The smallest absolute Gasteiger partial charge is 0.337 e. The number of hydrogen-bond donors (Lipinski definition) is 2. The zero-order valence-electron chi connectivity index (χ0n) is 9.64. The summed E-state index contributed by atoms with van der Waals surface area (Å²) in [6.45, 7) is 0. The van der Waals surface area contributed by atoms with E-state index in [4.69, 9.17) is 5.11 Å². The molecule has 0 bridgehead atoms. The number of aromatic amines is 1. The average molecular weight is 245 g/mol. The van der Waals surface area contributed by atoms with Crippen molar-refractivity contribution in [3.8, 4) is 0 Å². The predicted octanol–water partition coefficient (Wildman–Crippen LogP) is 2.05. The largest absolute Gasteiger partial charge is 0.478 e. The third kappa shape index (κ3) is 2.24. The van der Waals surface area contributed by atoms with Gasteiger partial charge in [0.25, 0.3) is 0 Å². The van der Waals surface area contributed by atoms with Crippen LogP contribution in [0.4, 0.5) is 0 Å². The van der Waals surface area contributed by atoms with Gasteiger partial charge in [-0.3, -0.25) is 0 Å². The number of carboxylic acid groups (broad SMARTS) is 1. The number of nitrogens with one attached hydrogen (secondary N) is 1. The van der Waals surface area contributed by atoms with E-state index in [9.17, 15) is 9.59 Å². The molecule has 0 atom stereocenters. The molecular weight excluding hydrogens is 234 g/mol. The van der Waals surface area contributed by atoms with Crippen LogP contribution in [0.3, 0.4) is 0 Å². The van der Waals surface area contributed by atoms with Crippen molar-refractivity contribution >= 4 is 28.9 Å². The van der Waals surface area contributed by atoms with Gasteiger partial charge in [0.2, 0.25) is 0 Å². The topological polar surface area (TPSA) is 79.4 Å². The van der Waals surface area contributed by atoms with Crippen molar-refractivity contribution in [2.45, 2.75) is 0 Å². The van der Waals surface area contributed by atoms with Crippen LogP contribution in [0.1, 0.15) is 15.9 Å². The molecule has 1 aromatic carbocycles. The molecule has 0 unspecified atom stereocenters. The lowest BCUT2D eigenvalue weighted by Gasteiger charge is -1.99. The van der Waals surface area contributed by atoms with Crippen LogP contribution in [0.15, 0.2) is 30.5 Å². The number of esters is 1. The van der Waals surface area contributed by atoms with E-state index in [0.717, 1.165) is 22.5 Å². The summed E-state index contributed by atoms with van der Waals surface area (Å²) in [5.41, 5.74) is 1.95. The zero-order chi connectivity index (χ0) is 13.1. The number of carbonyl (C=O) groups is 2. The zero-order valence-corrected chi connectivity index (χ0v) is 9.64. The Hall–Kier alpha value is -2.56. The van der Waals surface area contributed by atoms with Gasteiger partial charge in [-0.05, 0) is 18.2 Å². The van der Waals surface area contributed by atoms with Gasteiger partial charge in [-0.25, -0.2) is 9.59 Å². The highest BCUT2D eigenvalue weighted by Crippen LogP contribution is 2.21. The first kappa shape index (κ1) is 11.9. The van der Waals surface area contributed by atoms with E-state index in [-0.39, 0.29) is 0 Å². The molecule has 0 spiro atoms. The molecule has 92 valence electrons. The van der Waals surface area contributed by atoms with Gasteiger partial charge < -0.3 is 14.8 Å². The second kappa shape index (κ2) is 4.75. The number of fused-ring (bicyclic) bond motifs is 1. The quantitative estimate of drug-likeness (QED) is 0.640. The molecule has 2 N–H and O–H groups in total. The second-order valence-electron chi connectivity index (χ2n) is 3.67. The molecular formula is C13H11NO4. The number of carboxylic acids is 1. The van der Waals surface area contributed by atoms with Gasteiger partial charge in [-0.1, -0.05) is 6.07 Å². The van der Waals surface area contributed by atoms with Gasteiger partial charge in [0.05, 0.1) is 12.7 Å². The minimum atomic E-state index is -1.00. The van der Waals surface area contributed by atoms with E-state index >= 15 is 0 Å². The van der Waals surface area contributed by atoms with E-state index in [1.165, 1.54) is 13.2 Å². The number of rotatable bonds is 3. The fourth-order valence-corrected chi connectivity index (χ4v) is 1.69. The number of methoxy groups -OCH3 is 1. The number of aliphatic carboxylic acids is 1. The Balaban J connectivity index is 2.43. The van der Waals surface area contributed by atoms with E-state index in [1.54, 1.807) is 24.4 Å². The highest BCUT2D eigenvalue weighted by atomic mass is 16.5. The number of benzene rings is 1. The minimum absolute atomic E-state index is 0.408. The maximum absolute atomic E-state index is 11.4. The van der Waals surface area contributed by atoms with Crippen LogP contribution < -0.4 is 0 Å². The molecule has 0 aliphatic carbocycles. The van der Waals surface area contributed by atoms with E-state index in [2.05, 4.69) is 9.72 Å². The summed E-state index contributed by atoms with van der Waals surface area (Å²) < 4.78 is 4.63. The van der Waals surface area contributed by atoms with Crippen molar-refractivity contribution in [3.63, 3.8) is 0 Å². The van der Waals surface area contributed by atoms with Crippen molar-refractivity contribution in [1.82, 2.24) is 4.98 Å². The monoisotopic (exact) mass is 245 g/mol. The summed E-state index contributed by atoms with van der Waals surface area (Å²) in [4.78, 5) is 24.8. The van der Waals surface area contributed by atoms with Gasteiger partial charge in [0, 0.05) is 28.7 Å². The van der Waals surface area contributed by atoms with Gasteiger partial charge in [0.15, 0.2) is 0 Å². The Bertz CT molecular complexity index is 639. The van der Waals surface area contributed by atoms with Crippen molar-refractivity contribution in [1.29, 1.82) is 0 Å². The lowest BCUT2D eigenvalue weighted by Crippen LogP contribution is -2.00. The highest BCUT2D eigenvalue weighted by molar-refractivity contribution is 5.98. The average Bonchev–Trinajstić information content (AvgIpc) is 2.77. The Kier molecular flexibility index (Phi) is 3.14. The molecule has 5 nitrogen and oxygen atoms in total. The molecule has 0 radical (unpaired) electrons. The third-order valence-corrected chi connectivity index (χ3v) is 2.54. The summed E-state index contributed by atoms with van der Waals surface area (Å²) >= 11 is 0. The molecule has 18 heavy (non-hydrogen) atoms. The van der Waals surface area contributed by atoms with Gasteiger partial charge in [-0.15, -0.1) is 0 Å². The van der Waals surface area contributed by atoms with Crippen LogP contribution in [0, 0.1) is 0 Å². The Morgan fingerprint density at radius 3 is 2.83 bits per heavy atom. The molecule has 2 aromatic rings. The Morgan fingerprint density at radius 2 is 2.17 bits per heavy atom. The van der Waals surface area contributed by atoms with E-state index in [1.807, 2.05) is 0 Å². The van der Waals surface area contributed by atoms with Crippen molar-refractivity contribution < 1.29 is 19.4 Å². The number of H-pyrrole nitrogens is 1. The lowest BCUT2D eigenvalue weighted by molar-refractivity contribution is -0.131. The molecule has 0 saturated heterocycles. The maximum atomic E-state index is 11.4. The summed E-state index contributed by atoms with van der Waals surface area (Å²) in [7, 11) is 1.32. The van der Waals surface area contributed by atoms with Crippen molar-refractivity contribution in [3.05, 3.63) is 41.6 Å². The Morgan fingerprint density at radius 1 is 1.39 bits per heavy atom. The van der Waals surface area contributed by atoms with Crippen LogP contribution in [0.25, 0.3) is 17.0 Å². The standard InChI is InChI=1S/C13H11NO4/c1-18-13(17)8-2-4-10-9(3-5-12(15)16)7-14-11(10)6-8/h2-7,14H,1H3,(H,15,16). The first-order chi connectivity index (χ1) is 8.61. The molecule has 0 saturated carbocycles. The summed E-state index contributed by atoms with van der Waals surface area (Å²) in [6, 6.07) is 5.05. The minimum Gasteiger partial charge on any atom is -0.478 e. The third-order valence-electron chi connectivity index (χ3n) is 2.54. The number of hydrogen-bond acceptors (Lipinski definition) is 3. The fraction of sp³-hybridized carbons (Fsp3) is 0.0769. The molecule has 2 rings (SSSR count). The second-order valence-corrected chi connectivity index (χ2v) is 3.67. The molecule has 0 fully saturated rings. The number of aromatic nitrogens is 1. The first-order valence-corrected chi connectivity index (χ1v) is 5.22. The Labute approximate surface area is 103 Å². The van der Waals surface area contributed by atoms with Crippen LogP contribution in [-0.4, -0.2) is 29.1 Å². The molecule has 0 aliphatic heterocycles. The molecule has 0 amide bonds. The SMILES string of the molecule is COC(=O)c1ccc2c(C=CC(=O)O)c[nH]c2c1. The van der Waals surface area contributed by atoms with E-state index in [0.29, 0.717) is 5.56 Å². The highest BCUT2D eigenvalue weighted by Gasteiger charge is 2.08. The van der Waals surface area contributed by atoms with E-state index < -0.39 is 11.9 Å². The summed E-state index contributed by atoms with van der Waals surface area (Å²) in [6.07, 6.45) is 4.25.